The van der Waals surface area contributed by atoms with E-state index >= 15 is 0 Å². The van der Waals surface area contributed by atoms with Gasteiger partial charge in [-0.3, -0.25) is 14.5 Å². The first-order chi connectivity index (χ1) is 19.4. The molecular formula is C32H26N2O4S2. The fraction of sp³-hybridized carbons (Fsp3) is 0.0938. The quantitative estimate of drug-likeness (QED) is 0.176. The molecule has 0 aliphatic carbocycles. The van der Waals surface area contributed by atoms with Crippen LogP contribution in [-0.2, 0) is 9.59 Å². The molecule has 4 aromatic rings. The van der Waals surface area contributed by atoms with Crippen molar-refractivity contribution in [3.05, 3.63) is 119 Å². The Morgan fingerprint density at radius 2 is 1.62 bits per heavy atom. The maximum Gasteiger partial charge on any atom is 0.270 e. The lowest BCUT2D eigenvalue weighted by Gasteiger charge is -2.15. The van der Waals surface area contributed by atoms with Crippen LogP contribution in [-0.4, -0.2) is 22.7 Å². The zero-order valence-electron chi connectivity index (χ0n) is 21.9. The minimum atomic E-state index is -0.251. The smallest absolute Gasteiger partial charge is 0.270 e. The van der Waals surface area contributed by atoms with Crippen molar-refractivity contribution < 1.29 is 19.1 Å². The van der Waals surface area contributed by atoms with Crippen LogP contribution in [0.4, 0.5) is 11.4 Å². The number of nitrogens with one attached hydrogen (secondary N) is 1. The van der Waals surface area contributed by atoms with E-state index in [1.54, 1.807) is 18.2 Å². The molecule has 4 aromatic carbocycles. The van der Waals surface area contributed by atoms with Crippen molar-refractivity contribution in [3.8, 4) is 17.2 Å². The van der Waals surface area contributed by atoms with Gasteiger partial charge in [-0.05, 0) is 85.6 Å². The van der Waals surface area contributed by atoms with Gasteiger partial charge in [-0.2, -0.15) is 0 Å². The van der Waals surface area contributed by atoms with Gasteiger partial charge in [-0.15, -0.1) is 0 Å². The molecule has 1 heterocycles. The van der Waals surface area contributed by atoms with Gasteiger partial charge in [0.15, 0.2) is 10.9 Å². The van der Waals surface area contributed by atoms with Crippen molar-refractivity contribution in [2.24, 2.45) is 0 Å². The largest absolute Gasteiger partial charge is 0.484 e. The predicted molar refractivity (Wildman–Crippen MR) is 165 cm³/mol. The van der Waals surface area contributed by atoms with Crippen LogP contribution < -0.4 is 19.7 Å². The molecule has 0 unspecified atom stereocenters. The Hall–Kier alpha value is -4.40. The zero-order valence-corrected chi connectivity index (χ0v) is 23.6. The number of carbonyl (C=O) groups is 2. The number of thiocarbonyl (C=S) groups is 1. The lowest BCUT2D eigenvalue weighted by Crippen LogP contribution is -2.27. The van der Waals surface area contributed by atoms with E-state index in [2.05, 4.69) is 5.32 Å². The standard InChI is InChI=1S/C32H26N2O4S2/c1-21-11-16-28(22(2)17-21)33-30(35)20-37-27-10-6-7-23(18-27)19-29-31(36)34(32(39)40-29)24-12-14-26(15-13-24)38-25-8-4-3-5-9-25/h3-19H,20H2,1-2H3,(H,33,35)/b29-19-. The minimum Gasteiger partial charge on any atom is -0.484 e. The summed E-state index contributed by atoms with van der Waals surface area (Å²) in [6.07, 6.45) is 1.77. The molecule has 2 amide bonds. The van der Waals surface area contributed by atoms with Crippen LogP contribution in [0.25, 0.3) is 6.08 Å². The molecule has 1 fully saturated rings. The molecule has 1 aliphatic rings. The summed E-state index contributed by atoms with van der Waals surface area (Å²) in [5, 5.41) is 2.88. The second kappa shape index (κ2) is 12.2. The molecule has 1 saturated heterocycles. The van der Waals surface area contributed by atoms with Crippen molar-refractivity contribution in [2.45, 2.75) is 13.8 Å². The number of hydrogen-bond acceptors (Lipinski definition) is 6. The van der Waals surface area contributed by atoms with Gasteiger partial charge in [0.2, 0.25) is 0 Å². The third-order valence-corrected chi connectivity index (χ3v) is 7.35. The van der Waals surface area contributed by atoms with E-state index in [1.807, 2.05) is 98.8 Å². The zero-order chi connectivity index (χ0) is 28.1. The molecule has 200 valence electrons. The second-order valence-electron chi connectivity index (χ2n) is 9.15. The molecule has 1 N–H and O–H groups in total. The summed E-state index contributed by atoms with van der Waals surface area (Å²) in [7, 11) is 0. The number of thioether (sulfide) groups is 1. The van der Waals surface area contributed by atoms with Gasteiger partial charge in [0, 0.05) is 5.69 Å². The van der Waals surface area contributed by atoms with Gasteiger partial charge < -0.3 is 14.8 Å². The average Bonchev–Trinajstić information content (AvgIpc) is 3.22. The van der Waals surface area contributed by atoms with Crippen LogP contribution in [0.15, 0.2) is 102 Å². The molecule has 40 heavy (non-hydrogen) atoms. The first-order valence-corrected chi connectivity index (χ1v) is 13.8. The number of nitrogens with zero attached hydrogens (tertiary/aromatic N) is 1. The number of amides is 2. The van der Waals surface area contributed by atoms with Crippen molar-refractivity contribution in [1.82, 2.24) is 0 Å². The third-order valence-electron chi connectivity index (χ3n) is 6.05. The Bertz CT molecular complexity index is 1600. The Labute approximate surface area is 242 Å². The molecule has 6 nitrogen and oxygen atoms in total. The third kappa shape index (κ3) is 6.59. The van der Waals surface area contributed by atoms with Crippen LogP contribution in [0.2, 0.25) is 0 Å². The summed E-state index contributed by atoms with van der Waals surface area (Å²) in [5.74, 6) is 1.46. The summed E-state index contributed by atoms with van der Waals surface area (Å²) in [4.78, 5) is 27.7. The van der Waals surface area contributed by atoms with Gasteiger partial charge in [0.1, 0.15) is 17.2 Å². The second-order valence-corrected chi connectivity index (χ2v) is 10.8. The number of aryl methyl sites for hydroxylation is 2. The summed E-state index contributed by atoms with van der Waals surface area (Å²) in [5.41, 5.74) is 4.31. The fourth-order valence-electron chi connectivity index (χ4n) is 4.11. The molecule has 5 rings (SSSR count). The van der Waals surface area contributed by atoms with Crippen molar-refractivity contribution in [2.75, 3.05) is 16.8 Å². The average molecular weight is 567 g/mol. The number of benzene rings is 4. The van der Waals surface area contributed by atoms with E-state index in [9.17, 15) is 9.59 Å². The summed E-state index contributed by atoms with van der Waals surface area (Å²) < 4.78 is 12.0. The molecule has 0 aromatic heterocycles. The maximum atomic E-state index is 13.3. The van der Waals surface area contributed by atoms with E-state index in [4.69, 9.17) is 21.7 Å². The first-order valence-electron chi connectivity index (χ1n) is 12.6. The predicted octanol–water partition coefficient (Wildman–Crippen LogP) is 7.52. The number of para-hydroxylation sites is 1. The number of anilines is 2. The minimum absolute atomic E-state index is 0.136. The lowest BCUT2D eigenvalue weighted by atomic mass is 10.1. The highest BCUT2D eigenvalue weighted by atomic mass is 32.2. The highest BCUT2D eigenvalue weighted by molar-refractivity contribution is 8.27. The maximum absolute atomic E-state index is 13.3. The van der Waals surface area contributed by atoms with Gasteiger partial charge >= 0.3 is 0 Å². The normalized spacial score (nSPS) is 13.9. The number of carbonyl (C=O) groups excluding carboxylic acids is 2. The molecule has 1 aliphatic heterocycles. The lowest BCUT2D eigenvalue weighted by molar-refractivity contribution is -0.118. The molecule has 0 saturated carbocycles. The highest BCUT2D eigenvalue weighted by Crippen LogP contribution is 2.37. The Morgan fingerprint density at radius 1 is 0.900 bits per heavy atom. The fourth-order valence-corrected chi connectivity index (χ4v) is 5.41. The molecule has 0 atom stereocenters. The Kier molecular flexibility index (Phi) is 8.28. The molecule has 8 heteroatoms. The Balaban J connectivity index is 1.22. The van der Waals surface area contributed by atoms with Gasteiger partial charge in [-0.1, -0.05) is 72.0 Å². The number of ether oxygens (including phenoxy) is 2. The van der Waals surface area contributed by atoms with Gasteiger partial charge in [0.05, 0.1) is 10.6 Å². The van der Waals surface area contributed by atoms with Crippen molar-refractivity contribution >= 4 is 57.6 Å². The molecule has 0 spiro atoms. The van der Waals surface area contributed by atoms with E-state index in [0.717, 1.165) is 28.1 Å². The van der Waals surface area contributed by atoms with E-state index in [0.29, 0.717) is 26.4 Å². The van der Waals surface area contributed by atoms with E-state index < -0.39 is 0 Å². The number of rotatable bonds is 8. The SMILES string of the molecule is Cc1ccc(NC(=O)COc2cccc(/C=C3\SC(=S)N(c4ccc(Oc5ccccc5)cc4)C3=O)c2)c(C)c1. The van der Waals surface area contributed by atoms with Gasteiger partial charge in [0.25, 0.3) is 11.8 Å². The number of hydrogen-bond donors (Lipinski definition) is 1. The van der Waals surface area contributed by atoms with Crippen LogP contribution in [0, 0.1) is 13.8 Å². The Morgan fingerprint density at radius 3 is 2.38 bits per heavy atom. The first kappa shape index (κ1) is 27.2. The summed E-state index contributed by atoms with van der Waals surface area (Å²) in [6, 6.07) is 29.8. The topological polar surface area (TPSA) is 67.9 Å². The van der Waals surface area contributed by atoms with Gasteiger partial charge in [-0.25, -0.2) is 0 Å². The van der Waals surface area contributed by atoms with E-state index in [1.165, 1.54) is 16.7 Å². The molecule has 0 radical (unpaired) electrons. The monoisotopic (exact) mass is 566 g/mol. The van der Waals surface area contributed by atoms with Crippen molar-refractivity contribution in [3.63, 3.8) is 0 Å². The molecular weight excluding hydrogens is 540 g/mol. The molecule has 0 bridgehead atoms. The van der Waals surface area contributed by atoms with E-state index in [-0.39, 0.29) is 18.4 Å². The van der Waals surface area contributed by atoms with Crippen LogP contribution >= 0.6 is 24.0 Å². The van der Waals surface area contributed by atoms with Crippen LogP contribution in [0.5, 0.6) is 17.2 Å². The van der Waals surface area contributed by atoms with Crippen molar-refractivity contribution in [1.29, 1.82) is 0 Å². The summed E-state index contributed by atoms with van der Waals surface area (Å²) in [6.45, 7) is 3.82. The highest BCUT2D eigenvalue weighted by Gasteiger charge is 2.33. The summed E-state index contributed by atoms with van der Waals surface area (Å²) >= 11 is 6.76. The van der Waals surface area contributed by atoms with Crippen LogP contribution in [0.3, 0.4) is 0 Å². The van der Waals surface area contributed by atoms with Crippen LogP contribution in [0.1, 0.15) is 16.7 Å².